The van der Waals surface area contributed by atoms with Gasteiger partial charge in [0.15, 0.2) is 5.82 Å². The van der Waals surface area contributed by atoms with Crippen LogP contribution in [0.5, 0.6) is 0 Å². The van der Waals surface area contributed by atoms with Gasteiger partial charge in [-0.25, -0.2) is 4.39 Å². The minimum Gasteiger partial charge on any atom is -0.383 e. The smallest absolute Gasteiger partial charge is 0.173 e. The first kappa shape index (κ1) is 16.1. The Kier molecular flexibility index (Phi) is 5.46. The van der Waals surface area contributed by atoms with Gasteiger partial charge in [0.2, 0.25) is 0 Å². The number of nitrogens with one attached hydrogen (secondary N) is 1. The van der Waals surface area contributed by atoms with Crippen LogP contribution in [0.4, 0.5) is 4.39 Å². The molecule has 0 bridgehead atoms. The fourth-order valence-corrected chi connectivity index (χ4v) is 2.45. The van der Waals surface area contributed by atoms with Gasteiger partial charge in [0.25, 0.3) is 0 Å². The molecule has 1 aromatic heterocycles. The first-order chi connectivity index (χ1) is 10.0. The molecule has 0 aliphatic carbocycles. The van der Waals surface area contributed by atoms with Crippen molar-refractivity contribution in [3.63, 3.8) is 0 Å². The number of rotatable bonds is 6. The van der Waals surface area contributed by atoms with Crippen molar-refractivity contribution in [1.82, 2.24) is 25.5 Å². The zero-order chi connectivity index (χ0) is 15.4. The standard InChI is InChI=1S/C12H14Cl2FN5O/c1-7(16-3-4-21-2)12-17-18-19-20(12)11-9(13)5-8(15)6-10(11)14/h5-7,16H,3-4H2,1-2H3. The minimum absolute atomic E-state index is 0.137. The summed E-state index contributed by atoms with van der Waals surface area (Å²) in [5.41, 5.74) is 0.347. The zero-order valence-corrected chi connectivity index (χ0v) is 13.0. The van der Waals surface area contributed by atoms with E-state index in [1.54, 1.807) is 7.11 Å². The number of hydrogen-bond donors (Lipinski definition) is 1. The second-order valence-corrected chi connectivity index (χ2v) is 5.15. The lowest BCUT2D eigenvalue weighted by atomic mass is 10.2. The monoisotopic (exact) mass is 333 g/mol. The number of methoxy groups -OCH3 is 1. The molecule has 1 unspecified atom stereocenters. The molecule has 6 nitrogen and oxygen atoms in total. The Morgan fingerprint density at radius 1 is 1.38 bits per heavy atom. The third-order valence-corrected chi connectivity index (χ3v) is 3.41. The van der Waals surface area contributed by atoms with Gasteiger partial charge >= 0.3 is 0 Å². The van der Waals surface area contributed by atoms with Crippen LogP contribution in [0.25, 0.3) is 5.69 Å². The molecule has 9 heteroatoms. The van der Waals surface area contributed by atoms with Crippen LogP contribution in [0, 0.1) is 5.82 Å². The predicted octanol–water partition coefficient (Wildman–Crippen LogP) is 2.41. The van der Waals surface area contributed by atoms with Crippen molar-refractivity contribution >= 4 is 23.2 Å². The number of benzene rings is 1. The molecule has 1 heterocycles. The fraction of sp³-hybridized carbons (Fsp3) is 0.417. The largest absolute Gasteiger partial charge is 0.383 e. The van der Waals surface area contributed by atoms with Crippen LogP contribution in [0.15, 0.2) is 12.1 Å². The third kappa shape index (κ3) is 3.68. The van der Waals surface area contributed by atoms with Crippen molar-refractivity contribution in [2.75, 3.05) is 20.3 Å². The summed E-state index contributed by atoms with van der Waals surface area (Å²) in [5.74, 6) is -0.00356. The summed E-state index contributed by atoms with van der Waals surface area (Å²) in [6.45, 7) is 3.09. The molecular formula is C12H14Cl2FN5O. The van der Waals surface area contributed by atoms with Gasteiger partial charge in [0, 0.05) is 13.7 Å². The van der Waals surface area contributed by atoms with Crippen LogP contribution in [-0.4, -0.2) is 40.5 Å². The molecule has 0 spiro atoms. The lowest BCUT2D eigenvalue weighted by Crippen LogP contribution is -2.25. The number of aromatic nitrogens is 4. The maximum Gasteiger partial charge on any atom is 0.173 e. The zero-order valence-electron chi connectivity index (χ0n) is 11.5. The minimum atomic E-state index is -0.519. The number of hydrogen-bond acceptors (Lipinski definition) is 5. The summed E-state index contributed by atoms with van der Waals surface area (Å²) in [6.07, 6.45) is 0. The molecule has 0 saturated heterocycles. The normalized spacial score (nSPS) is 12.6. The number of halogens is 3. The Morgan fingerprint density at radius 2 is 2.05 bits per heavy atom. The van der Waals surface area contributed by atoms with Crippen molar-refractivity contribution in [2.24, 2.45) is 0 Å². The van der Waals surface area contributed by atoms with Crippen LogP contribution in [0.2, 0.25) is 10.0 Å². The Balaban J connectivity index is 2.32. The number of nitrogens with zero attached hydrogens (tertiary/aromatic N) is 4. The van der Waals surface area contributed by atoms with Crippen LogP contribution in [-0.2, 0) is 4.74 Å². The molecule has 0 amide bonds. The topological polar surface area (TPSA) is 64.9 Å². The van der Waals surface area contributed by atoms with Gasteiger partial charge in [-0.05, 0) is 29.5 Å². The average Bonchev–Trinajstić information content (AvgIpc) is 2.87. The molecule has 0 fully saturated rings. The van der Waals surface area contributed by atoms with Crippen LogP contribution >= 0.6 is 23.2 Å². The molecular weight excluding hydrogens is 320 g/mol. The van der Waals surface area contributed by atoms with Crippen molar-refractivity contribution < 1.29 is 9.13 Å². The quantitative estimate of drug-likeness (QED) is 0.822. The van der Waals surface area contributed by atoms with Crippen molar-refractivity contribution in [1.29, 1.82) is 0 Å². The molecule has 0 aliphatic rings. The third-order valence-electron chi connectivity index (χ3n) is 2.83. The molecule has 0 aliphatic heterocycles. The Labute approximate surface area is 131 Å². The maximum absolute atomic E-state index is 13.3. The lowest BCUT2D eigenvalue weighted by Gasteiger charge is -2.14. The molecule has 114 valence electrons. The molecule has 21 heavy (non-hydrogen) atoms. The molecule has 0 saturated carbocycles. The molecule has 1 aromatic carbocycles. The van der Waals surface area contributed by atoms with Gasteiger partial charge in [-0.15, -0.1) is 5.10 Å². The van der Waals surface area contributed by atoms with Gasteiger partial charge < -0.3 is 10.1 Å². The number of ether oxygens (including phenoxy) is 1. The van der Waals surface area contributed by atoms with Crippen LogP contribution in [0.1, 0.15) is 18.8 Å². The lowest BCUT2D eigenvalue weighted by molar-refractivity contribution is 0.196. The van der Waals surface area contributed by atoms with E-state index in [-0.39, 0.29) is 16.1 Å². The first-order valence-electron chi connectivity index (χ1n) is 6.20. The van der Waals surface area contributed by atoms with E-state index in [1.165, 1.54) is 4.68 Å². The van der Waals surface area contributed by atoms with Crippen molar-refractivity contribution in [2.45, 2.75) is 13.0 Å². The summed E-state index contributed by atoms with van der Waals surface area (Å²) in [4.78, 5) is 0. The summed E-state index contributed by atoms with van der Waals surface area (Å²) in [5, 5.41) is 14.9. The van der Waals surface area contributed by atoms with E-state index >= 15 is 0 Å². The van der Waals surface area contributed by atoms with E-state index in [4.69, 9.17) is 27.9 Å². The number of tetrazole rings is 1. The SMILES string of the molecule is COCCNC(C)c1nnnn1-c1c(Cl)cc(F)cc1Cl. The van der Waals surface area contributed by atoms with Gasteiger partial charge in [-0.2, -0.15) is 4.68 Å². The highest BCUT2D eigenvalue weighted by molar-refractivity contribution is 6.37. The summed E-state index contributed by atoms with van der Waals surface area (Å²) in [7, 11) is 1.62. The van der Waals surface area contributed by atoms with Crippen molar-refractivity contribution in [3.05, 3.63) is 33.8 Å². The highest BCUT2D eigenvalue weighted by atomic mass is 35.5. The van der Waals surface area contributed by atoms with Gasteiger partial charge in [-0.3, -0.25) is 0 Å². The van der Waals surface area contributed by atoms with E-state index < -0.39 is 5.82 Å². The molecule has 1 N–H and O–H groups in total. The van der Waals surface area contributed by atoms with Crippen LogP contribution in [0.3, 0.4) is 0 Å². The predicted molar refractivity (Wildman–Crippen MR) is 77.4 cm³/mol. The molecule has 2 rings (SSSR count). The Hall–Kier alpha value is -1.28. The highest BCUT2D eigenvalue weighted by Crippen LogP contribution is 2.30. The van der Waals surface area contributed by atoms with E-state index in [0.717, 1.165) is 12.1 Å². The summed E-state index contributed by atoms with van der Waals surface area (Å²) < 4.78 is 19.6. The Morgan fingerprint density at radius 3 is 2.67 bits per heavy atom. The second-order valence-electron chi connectivity index (χ2n) is 4.34. The van der Waals surface area contributed by atoms with E-state index in [9.17, 15) is 4.39 Å². The van der Waals surface area contributed by atoms with Crippen LogP contribution < -0.4 is 5.32 Å². The maximum atomic E-state index is 13.3. The highest BCUT2D eigenvalue weighted by Gasteiger charge is 2.20. The van der Waals surface area contributed by atoms with E-state index in [2.05, 4.69) is 20.8 Å². The van der Waals surface area contributed by atoms with E-state index in [0.29, 0.717) is 24.7 Å². The molecule has 1 atom stereocenters. The average molecular weight is 334 g/mol. The van der Waals surface area contributed by atoms with Gasteiger partial charge in [-0.1, -0.05) is 23.2 Å². The second kappa shape index (κ2) is 7.13. The van der Waals surface area contributed by atoms with Gasteiger partial charge in [0.05, 0.1) is 22.7 Å². The Bertz CT molecular complexity index is 598. The fourth-order valence-electron chi connectivity index (χ4n) is 1.83. The molecule has 0 radical (unpaired) electrons. The summed E-state index contributed by atoms with van der Waals surface area (Å²) >= 11 is 12.1. The summed E-state index contributed by atoms with van der Waals surface area (Å²) in [6, 6.07) is 2.17. The van der Waals surface area contributed by atoms with E-state index in [1.807, 2.05) is 6.92 Å². The molecule has 2 aromatic rings. The first-order valence-corrected chi connectivity index (χ1v) is 6.95. The van der Waals surface area contributed by atoms with Crippen molar-refractivity contribution in [3.8, 4) is 5.69 Å². The van der Waals surface area contributed by atoms with Gasteiger partial charge in [0.1, 0.15) is 11.5 Å².